The number of halogens is 1. The molecule has 0 aliphatic carbocycles. The van der Waals surface area contributed by atoms with Crippen molar-refractivity contribution in [1.82, 2.24) is 19.3 Å². The molecule has 7 heteroatoms. The average Bonchev–Trinajstić information content (AvgIpc) is 3.37. The van der Waals surface area contributed by atoms with E-state index in [2.05, 4.69) is 10.1 Å². The standard InChI is InChI=1S/C25H17FN4O2/c26-20-8-10-21(11-9-20)30-25(31)24(23(16-28-30)29-15-14-27-17-29)32-22-12-6-19(7-13-22)18-4-2-1-3-5-18/h1-17H. The highest BCUT2D eigenvalue weighted by molar-refractivity contribution is 5.64. The van der Waals surface area contributed by atoms with Crippen LogP contribution in [-0.2, 0) is 0 Å². The van der Waals surface area contributed by atoms with Crippen molar-refractivity contribution in [3.05, 3.63) is 120 Å². The molecule has 0 saturated carbocycles. The molecule has 6 nitrogen and oxygen atoms in total. The van der Waals surface area contributed by atoms with Gasteiger partial charge in [0.2, 0.25) is 5.75 Å². The molecule has 2 heterocycles. The fraction of sp³-hybridized carbons (Fsp3) is 0. The fourth-order valence-electron chi connectivity index (χ4n) is 3.34. The summed E-state index contributed by atoms with van der Waals surface area (Å²) in [7, 11) is 0. The lowest BCUT2D eigenvalue weighted by Crippen LogP contribution is -2.23. The molecule has 0 aliphatic heterocycles. The van der Waals surface area contributed by atoms with Crippen molar-refractivity contribution in [2.24, 2.45) is 0 Å². The van der Waals surface area contributed by atoms with E-state index in [1.807, 2.05) is 54.6 Å². The number of imidazole rings is 1. The number of rotatable bonds is 5. The van der Waals surface area contributed by atoms with Gasteiger partial charge in [-0.1, -0.05) is 42.5 Å². The van der Waals surface area contributed by atoms with Gasteiger partial charge in [-0.25, -0.2) is 9.37 Å². The Morgan fingerprint density at radius 3 is 2.25 bits per heavy atom. The number of benzene rings is 3. The molecule has 0 radical (unpaired) electrons. The van der Waals surface area contributed by atoms with Crippen LogP contribution < -0.4 is 10.3 Å². The van der Waals surface area contributed by atoms with Gasteiger partial charge in [0.15, 0.2) is 0 Å². The number of ether oxygens (including phenoxy) is 1. The molecule has 0 N–H and O–H groups in total. The van der Waals surface area contributed by atoms with E-state index in [0.29, 0.717) is 17.1 Å². The third-order valence-corrected chi connectivity index (χ3v) is 4.95. The maximum absolute atomic E-state index is 13.3. The third kappa shape index (κ3) is 3.79. The van der Waals surface area contributed by atoms with Gasteiger partial charge in [-0.3, -0.25) is 4.79 Å². The molecule has 0 bridgehead atoms. The maximum atomic E-state index is 13.3. The Balaban J connectivity index is 1.56. The lowest BCUT2D eigenvalue weighted by Gasteiger charge is -2.13. The molecule has 0 aliphatic rings. The summed E-state index contributed by atoms with van der Waals surface area (Å²) < 4.78 is 22.2. The molecule has 0 atom stereocenters. The van der Waals surface area contributed by atoms with Gasteiger partial charge in [-0.05, 0) is 47.5 Å². The normalized spacial score (nSPS) is 10.8. The molecular formula is C25H17FN4O2. The molecule has 2 aromatic heterocycles. The topological polar surface area (TPSA) is 61.9 Å². The minimum Gasteiger partial charge on any atom is -0.449 e. The summed E-state index contributed by atoms with van der Waals surface area (Å²) in [6.45, 7) is 0. The van der Waals surface area contributed by atoms with E-state index < -0.39 is 11.4 Å². The molecule has 32 heavy (non-hydrogen) atoms. The van der Waals surface area contributed by atoms with Crippen LogP contribution in [-0.4, -0.2) is 19.3 Å². The smallest absolute Gasteiger partial charge is 0.316 e. The second-order valence-corrected chi connectivity index (χ2v) is 7.01. The van der Waals surface area contributed by atoms with E-state index in [0.717, 1.165) is 11.1 Å². The van der Waals surface area contributed by atoms with E-state index in [-0.39, 0.29) is 5.75 Å². The summed E-state index contributed by atoms with van der Waals surface area (Å²) in [4.78, 5) is 17.4. The van der Waals surface area contributed by atoms with Crippen molar-refractivity contribution >= 4 is 0 Å². The van der Waals surface area contributed by atoms with E-state index in [1.165, 1.54) is 35.1 Å². The zero-order valence-corrected chi connectivity index (χ0v) is 16.8. The van der Waals surface area contributed by atoms with Crippen molar-refractivity contribution in [3.8, 4) is 34.0 Å². The van der Waals surface area contributed by atoms with Crippen LogP contribution in [0.1, 0.15) is 0 Å². The Labute approximate surface area is 182 Å². The van der Waals surface area contributed by atoms with Crippen LogP contribution in [0.15, 0.2) is 109 Å². The molecule has 0 spiro atoms. The third-order valence-electron chi connectivity index (χ3n) is 4.95. The molecule has 0 unspecified atom stereocenters. The van der Waals surface area contributed by atoms with Gasteiger partial charge in [0.05, 0.1) is 18.2 Å². The number of hydrogen-bond acceptors (Lipinski definition) is 4. The van der Waals surface area contributed by atoms with Gasteiger partial charge in [0.25, 0.3) is 0 Å². The van der Waals surface area contributed by atoms with Crippen molar-refractivity contribution in [2.45, 2.75) is 0 Å². The van der Waals surface area contributed by atoms with Crippen LogP contribution in [0.3, 0.4) is 0 Å². The molecule has 5 rings (SSSR count). The molecule has 0 saturated heterocycles. The predicted octanol–water partition coefficient (Wildman–Crippen LogP) is 5.02. The van der Waals surface area contributed by atoms with Gasteiger partial charge in [0.1, 0.15) is 17.3 Å². The maximum Gasteiger partial charge on any atom is 0.316 e. The zero-order valence-electron chi connectivity index (χ0n) is 16.8. The molecule has 3 aromatic carbocycles. The lowest BCUT2D eigenvalue weighted by molar-refractivity contribution is 0.464. The van der Waals surface area contributed by atoms with E-state index in [9.17, 15) is 9.18 Å². The van der Waals surface area contributed by atoms with Crippen molar-refractivity contribution in [2.75, 3.05) is 0 Å². The molecular weight excluding hydrogens is 407 g/mol. The van der Waals surface area contributed by atoms with Gasteiger partial charge < -0.3 is 9.30 Å². The van der Waals surface area contributed by atoms with E-state index in [1.54, 1.807) is 23.3 Å². The van der Waals surface area contributed by atoms with Gasteiger partial charge in [0, 0.05) is 12.4 Å². The van der Waals surface area contributed by atoms with Crippen LogP contribution in [0, 0.1) is 5.82 Å². The minimum atomic E-state index is -0.477. The first kappa shape index (κ1) is 19.4. The highest BCUT2D eigenvalue weighted by atomic mass is 19.1. The molecule has 0 fully saturated rings. The summed E-state index contributed by atoms with van der Waals surface area (Å²) in [5.74, 6) is 0.182. The minimum absolute atomic E-state index is 0.0785. The second-order valence-electron chi connectivity index (χ2n) is 7.01. The molecule has 0 amide bonds. The Hall–Kier alpha value is -4.52. The van der Waals surface area contributed by atoms with Crippen LogP contribution in [0.5, 0.6) is 11.5 Å². The van der Waals surface area contributed by atoms with Crippen molar-refractivity contribution in [3.63, 3.8) is 0 Å². The predicted molar refractivity (Wildman–Crippen MR) is 119 cm³/mol. The first-order chi connectivity index (χ1) is 15.7. The first-order valence-electron chi connectivity index (χ1n) is 9.89. The molecule has 5 aromatic rings. The van der Waals surface area contributed by atoms with Crippen LogP contribution in [0.2, 0.25) is 0 Å². The molecule has 156 valence electrons. The SMILES string of the molecule is O=c1c(Oc2ccc(-c3ccccc3)cc2)c(-n2ccnc2)cnn1-c1ccc(F)cc1. The van der Waals surface area contributed by atoms with Crippen molar-refractivity contribution in [1.29, 1.82) is 0 Å². The Bertz CT molecular complexity index is 1400. The fourth-order valence-corrected chi connectivity index (χ4v) is 3.34. The lowest BCUT2D eigenvalue weighted by atomic mass is 10.1. The van der Waals surface area contributed by atoms with Gasteiger partial charge in [-0.15, -0.1) is 0 Å². The quantitative estimate of drug-likeness (QED) is 0.398. The van der Waals surface area contributed by atoms with E-state index in [4.69, 9.17) is 4.74 Å². The highest BCUT2D eigenvalue weighted by Gasteiger charge is 2.17. The second kappa shape index (κ2) is 8.31. The average molecular weight is 424 g/mol. The summed E-state index contributed by atoms with van der Waals surface area (Å²) in [5, 5.41) is 4.24. The first-order valence-corrected chi connectivity index (χ1v) is 9.89. The number of hydrogen-bond donors (Lipinski definition) is 0. The highest BCUT2D eigenvalue weighted by Crippen LogP contribution is 2.27. The number of aromatic nitrogens is 4. The largest absolute Gasteiger partial charge is 0.449 e. The van der Waals surface area contributed by atoms with Crippen LogP contribution >= 0.6 is 0 Å². The Kier molecular flexibility index (Phi) is 5.05. The number of nitrogens with zero attached hydrogens (tertiary/aromatic N) is 4. The zero-order chi connectivity index (χ0) is 21.9. The monoisotopic (exact) mass is 424 g/mol. The van der Waals surface area contributed by atoms with Crippen LogP contribution in [0.25, 0.3) is 22.5 Å². The Morgan fingerprint density at radius 2 is 1.56 bits per heavy atom. The van der Waals surface area contributed by atoms with Gasteiger partial charge in [-0.2, -0.15) is 9.78 Å². The summed E-state index contributed by atoms with van der Waals surface area (Å²) in [6.07, 6.45) is 6.37. The Morgan fingerprint density at radius 1 is 0.844 bits per heavy atom. The van der Waals surface area contributed by atoms with Crippen LogP contribution in [0.4, 0.5) is 4.39 Å². The summed E-state index contributed by atoms with van der Waals surface area (Å²) >= 11 is 0. The summed E-state index contributed by atoms with van der Waals surface area (Å²) in [6, 6.07) is 23.0. The van der Waals surface area contributed by atoms with E-state index >= 15 is 0 Å². The van der Waals surface area contributed by atoms with Gasteiger partial charge >= 0.3 is 5.56 Å². The van der Waals surface area contributed by atoms with Crippen molar-refractivity contribution < 1.29 is 9.13 Å². The summed E-state index contributed by atoms with van der Waals surface area (Å²) in [5.41, 5.74) is 2.51.